The van der Waals surface area contributed by atoms with Crippen molar-refractivity contribution >= 4 is 17.5 Å². The monoisotopic (exact) mass is 441 g/mol. The SMILES string of the molecule is CCOCCCNC(=O)C1CCN(C(C(=O)Nc2ccc(F)cc2)c2ccccc2)CC1. The number of halogens is 1. The Hall–Kier alpha value is -2.77. The maximum Gasteiger partial charge on any atom is 0.246 e. The van der Waals surface area contributed by atoms with Gasteiger partial charge in [-0.15, -0.1) is 0 Å². The minimum Gasteiger partial charge on any atom is -0.382 e. The van der Waals surface area contributed by atoms with E-state index in [-0.39, 0.29) is 23.5 Å². The van der Waals surface area contributed by atoms with Crippen molar-refractivity contribution in [2.24, 2.45) is 5.92 Å². The van der Waals surface area contributed by atoms with Crippen molar-refractivity contribution in [2.45, 2.75) is 32.2 Å². The van der Waals surface area contributed by atoms with Gasteiger partial charge in [0.1, 0.15) is 11.9 Å². The van der Waals surface area contributed by atoms with Gasteiger partial charge in [-0.3, -0.25) is 14.5 Å². The second-order valence-corrected chi connectivity index (χ2v) is 7.96. The van der Waals surface area contributed by atoms with Gasteiger partial charge in [-0.2, -0.15) is 0 Å². The molecule has 172 valence electrons. The average Bonchev–Trinajstić information content (AvgIpc) is 2.81. The highest BCUT2D eigenvalue weighted by Gasteiger charge is 2.33. The first-order chi connectivity index (χ1) is 15.6. The number of amides is 2. The first-order valence-corrected chi connectivity index (χ1v) is 11.3. The van der Waals surface area contributed by atoms with Crippen molar-refractivity contribution in [1.82, 2.24) is 10.2 Å². The maximum atomic E-state index is 13.2. The van der Waals surface area contributed by atoms with E-state index < -0.39 is 6.04 Å². The molecule has 1 heterocycles. The molecule has 0 aliphatic carbocycles. The Kier molecular flexibility index (Phi) is 9.19. The number of piperidine rings is 1. The summed E-state index contributed by atoms with van der Waals surface area (Å²) in [5.74, 6) is -0.481. The van der Waals surface area contributed by atoms with Gasteiger partial charge < -0.3 is 15.4 Å². The van der Waals surface area contributed by atoms with Crippen LogP contribution >= 0.6 is 0 Å². The number of hydrogen-bond acceptors (Lipinski definition) is 4. The highest BCUT2D eigenvalue weighted by atomic mass is 19.1. The van der Waals surface area contributed by atoms with Crippen molar-refractivity contribution < 1.29 is 18.7 Å². The second-order valence-electron chi connectivity index (χ2n) is 7.96. The lowest BCUT2D eigenvalue weighted by Gasteiger charge is -2.36. The van der Waals surface area contributed by atoms with Crippen LogP contribution in [0.2, 0.25) is 0 Å². The Labute approximate surface area is 189 Å². The van der Waals surface area contributed by atoms with E-state index in [0.717, 1.165) is 12.0 Å². The summed E-state index contributed by atoms with van der Waals surface area (Å²) < 4.78 is 18.5. The number of carbonyl (C=O) groups excluding carboxylic acids is 2. The van der Waals surface area contributed by atoms with Crippen molar-refractivity contribution in [2.75, 3.05) is 38.2 Å². The van der Waals surface area contributed by atoms with E-state index in [4.69, 9.17) is 4.74 Å². The van der Waals surface area contributed by atoms with E-state index in [1.807, 2.05) is 37.3 Å². The third-order valence-corrected chi connectivity index (χ3v) is 5.71. The van der Waals surface area contributed by atoms with Crippen LogP contribution in [-0.4, -0.2) is 49.6 Å². The van der Waals surface area contributed by atoms with E-state index in [0.29, 0.717) is 51.4 Å². The molecule has 0 radical (unpaired) electrons. The Morgan fingerprint density at radius 2 is 1.78 bits per heavy atom. The van der Waals surface area contributed by atoms with E-state index in [2.05, 4.69) is 15.5 Å². The largest absolute Gasteiger partial charge is 0.382 e. The van der Waals surface area contributed by atoms with Crippen molar-refractivity contribution in [3.8, 4) is 0 Å². The number of anilines is 1. The van der Waals surface area contributed by atoms with Gasteiger partial charge in [0.2, 0.25) is 11.8 Å². The summed E-state index contributed by atoms with van der Waals surface area (Å²) in [6, 6.07) is 14.9. The molecular formula is C25H32FN3O3. The molecule has 0 saturated carbocycles. The molecule has 1 fully saturated rings. The smallest absolute Gasteiger partial charge is 0.246 e. The van der Waals surface area contributed by atoms with Gasteiger partial charge in [-0.25, -0.2) is 4.39 Å². The number of likely N-dealkylation sites (tertiary alicyclic amines) is 1. The molecule has 32 heavy (non-hydrogen) atoms. The summed E-state index contributed by atoms with van der Waals surface area (Å²) in [6.45, 7) is 5.20. The third-order valence-electron chi connectivity index (χ3n) is 5.71. The number of ether oxygens (including phenoxy) is 1. The van der Waals surface area contributed by atoms with Crippen LogP contribution in [0.15, 0.2) is 54.6 Å². The van der Waals surface area contributed by atoms with Gasteiger partial charge >= 0.3 is 0 Å². The van der Waals surface area contributed by atoms with Gasteiger partial charge in [0.05, 0.1) is 0 Å². The number of nitrogens with zero attached hydrogens (tertiary/aromatic N) is 1. The molecule has 0 spiro atoms. The molecule has 2 aromatic rings. The average molecular weight is 442 g/mol. The fourth-order valence-electron chi connectivity index (χ4n) is 4.00. The predicted molar refractivity (Wildman–Crippen MR) is 123 cm³/mol. The van der Waals surface area contributed by atoms with Crippen LogP contribution < -0.4 is 10.6 Å². The van der Waals surface area contributed by atoms with Crippen LogP contribution in [0.25, 0.3) is 0 Å². The molecule has 3 rings (SSSR count). The highest BCUT2D eigenvalue weighted by Crippen LogP contribution is 2.28. The summed E-state index contributed by atoms with van der Waals surface area (Å²) in [5.41, 5.74) is 1.45. The standard InChI is InChI=1S/C25H32FN3O3/c1-2-32-18-6-15-27-24(30)20-13-16-29(17-14-20)23(19-7-4-3-5-8-19)25(31)28-22-11-9-21(26)10-12-22/h3-5,7-12,20,23H,2,6,13-18H2,1H3,(H,27,30)(H,28,31). The van der Waals surface area contributed by atoms with E-state index in [9.17, 15) is 14.0 Å². The minimum atomic E-state index is -0.476. The van der Waals surface area contributed by atoms with Gasteiger partial charge in [-0.1, -0.05) is 30.3 Å². The van der Waals surface area contributed by atoms with Crippen molar-refractivity contribution in [3.63, 3.8) is 0 Å². The Bertz CT molecular complexity index is 852. The van der Waals surface area contributed by atoms with Crippen LogP contribution in [0.3, 0.4) is 0 Å². The Morgan fingerprint density at radius 3 is 2.44 bits per heavy atom. The molecule has 0 aromatic heterocycles. The molecule has 6 nitrogen and oxygen atoms in total. The molecule has 0 bridgehead atoms. The molecule has 1 saturated heterocycles. The zero-order chi connectivity index (χ0) is 22.8. The van der Waals surface area contributed by atoms with Crippen LogP contribution in [0.5, 0.6) is 0 Å². The van der Waals surface area contributed by atoms with Crippen LogP contribution in [0, 0.1) is 11.7 Å². The molecule has 1 unspecified atom stereocenters. The zero-order valence-corrected chi connectivity index (χ0v) is 18.6. The third kappa shape index (κ3) is 6.87. The summed E-state index contributed by atoms with van der Waals surface area (Å²) in [4.78, 5) is 27.8. The molecule has 2 aromatic carbocycles. The van der Waals surface area contributed by atoms with Gasteiger partial charge in [0.25, 0.3) is 0 Å². The fraction of sp³-hybridized carbons (Fsp3) is 0.440. The van der Waals surface area contributed by atoms with Crippen molar-refractivity contribution in [1.29, 1.82) is 0 Å². The topological polar surface area (TPSA) is 70.7 Å². The summed E-state index contributed by atoms with van der Waals surface area (Å²) >= 11 is 0. The first-order valence-electron chi connectivity index (χ1n) is 11.3. The lowest BCUT2D eigenvalue weighted by Crippen LogP contribution is -2.45. The van der Waals surface area contributed by atoms with Gasteiger partial charge in [0, 0.05) is 31.4 Å². The zero-order valence-electron chi connectivity index (χ0n) is 18.6. The molecule has 1 aliphatic heterocycles. The first kappa shape index (κ1) is 23.9. The van der Waals surface area contributed by atoms with E-state index >= 15 is 0 Å². The summed E-state index contributed by atoms with van der Waals surface area (Å²) in [6.07, 6.45) is 2.20. The summed E-state index contributed by atoms with van der Waals surface area (Å²) in [5, 5.41) is 5.90. The van der Waals surface area contributed by atoms with E-state index in [1.54, 1.807) is 12.1 Å². The van der Waals surface area contributed by atoms with E-state index in [1.165, 1.54) is 12.1 Å². The van der Waals surface area contributed by atoms with Crippen LogP contribution in [-0.2, 0) is 14.3 Å². The molecule has 2 N–H and O–H groups in total. The number of benzene rings is 2. The fourth-order valence-corrected chi connectivity index (χ4v) is 4.00. The lowest BCUT2D eigenvalue weighted by atomic mass is 9.93. The highest BCUT2D eigenvalue weighted by molar-refractivity contribution is 5.95. The molecule has 7 heteroatoms. The molecular weight excluding hydrogens is 409 g/mol. The van der Waals surface area contributed by atoms with Crippen LogP contribution in [0.1, 0.15) is 37.8 Å². The number of nitrogens with one attached hydrogen (secondary N) is 2. The lowest BCUT2D eigenvalue weighted by molar-refractivity contribution is -0.127. The molecule has 1 aliphatic rings. The number of carbonyl (C=O) groups is 2. The van der Waals surface area contributed by atoms with Crippen LogP contribution in [0.4, 0.5) is 10.1 Å². The Morgan fingerprint density at radius 1 is 1.09 bits per heavy atom. The molecule has 1 atom stereocenters. The Balaban J connectivity index is 1.60. The normalized spacial score (nSPS) is 15.8. The summed E-state index contributed by atoms with van der Waals surface area (Å²) in [7, 11) is 0. The number of hydrogen-bond donors (Lipinski definition) is 2. The van der Waals surface area contributed by atoms with Crippen molar-refractivity contribution in [3.05, 3.63) is 66.0 Å². The molecule has 2 amide bonds. The quantitative estimate of drug-likeness (QED) is 0.551. The predicted octanol–water partition coefficient (Wildman–Crippen LogP) is 3.76. The van der Waals surface area contributed by atoms with Gasteiger partial charge in [-0.05, 0) is 69.1 Å². The maximum absolute atomic E-state index is 13.2. The van der Waals surface area contributed by atoms with Gasteiger partial charge in [0.15, 0.2) is 0 Å². The minimum absolute atomic E-state index is 0.0464. The number of rotatable bonds is 10. The second kappa shape index (κ2) is 12.3.